The predicted octanol–water partition coefficient (Wildman–Crippen LogP) is 0.824. The van der Waals surface area contributed by atoms with E-state index in [0.29, 0.717) is 12.6 Å². The van der Waals surface area contributed by atoms with Gasteiger partial charge >= 0.3 is 0 Å². The summed E-state index contributed by atoms with van der Waals surface area (Å²) >= 11 is 0. The van der Waals surface area contributed by atoms with Crippen molar-refractivity contribution in [2.24, 2.45) is 0 Å². The molecule has 12 heavy (non-hydrogen) atoms. The van der Waals surface area contributed by atoms with Gasteiger partial charge in [-0.05, 0) is 27.7 Å². The largest absolute Gasteiger partial charge is 0.365 e. The lowest BCUT2D eigenvalue weighted by Crippen LogP contribution is -2.55. The van der Waals surface area contributed by atoms with E-state index in [1.165, 1.54) is 0 Å². The van der Waals surface area contributed by atoms with Crippen molar-refractivity contribution < 1.29 is 9.84 Å². The molecule has 1 rings (SSSR count). The molecule has 0 bridgehead atoms. The Morgan fingerprint density at radius 3 is 2.58 bits per heavy atom. The smallest absolute Gasteiger partial charge is 0.175 e. The molecule has 0 aromatic rings. The quantitative estimate of drug-likeness (QED) is 0.637. The van der Waals surface area contributed by atoms with Crippen molar-refractivity contribution in [1.82, 2.24) is 4.90 Å². The second kappa shape index (κ2) is 3.32. The fourth-order valence-electron chi connectivity index (χ4n) is 1.67. The van der Waals surface area contributed by atoms with E-state index in [-0.39, 0.29) is 6.10 Å². The average Bonchev–Trinajstić information content (AvgIpc) is 1.82. The van der Waals surface area contributed by atoms with E-state index in [1.807, 2.05) is 6.92 Å². The molecule has 2 unspecified atom stereocenters. The van der Waals surface area contributed by atoms with Gasteiger partial charge in [0.2, 0.25) is 0 Å². The highest BCUT2D eigenvalue weighted by Gasteiger charge is 2.33. The topological polar surface area (TPSA) is 32.7 Å². The number of rotatable bonds is 1. The summed E-state index contributed by atoms with van der Waals surface area (Å²) in [4.78, 5) is 2.23. The van der Waals surface area contributed by atoms with Crippen molar-refractivity contribution in [1.29, 1.82) is 0 Å². The Morgan fingerprint density at radius 1 is 1.58 bits per heavy atom. The Kier molecular flexibility index (Phi) is 2.76. The van der Waals surface area contributed by atoms with Crippen LogP contribution in [-0.4, -0.2) is 41.0 Å². The molecule has 0 amide bonds. The van der Waals surface area contributed by atoms with Crippen LogP contribution in [0.15, 0.2) is 0 Å². The summed E-state index contributed by atoms with van der Waals surface area (Å²) in [5, 5.41) is 9.70. The first-order chi connectivity index (χ1) is 5.41. The zero-order valence-corrected chi connectivity index (χ0v) is 8.37. The molecule has 2 atom stereocenters. The number of morpholine rings is 1. The van der Waals surface area contributed by atoms with Gasteiger partial charge in [-0.3, -0.25) is 4.90 Å². The van der Waals surface area contributed by atoms with Crippen molar-refractivity contribution in [2.75, 3.05) is 13.1 Å². The van der Waals surface area contributed by atoms with Crippen LogP contribution in [0.25, 0.3) is 0 Å². The van der Waals surface area contributed by atoms with E-state index in [4.69, 9.17) is 4.74 Å². The molecule has 3 heteroatoms. The van der Waals surface area contributed by atoms with Crippen LogP contribution in [0, 0.1) is 0 Å². The normalized spacial score (nSPS) is 39.0. The second-order valence-electron chi connectivity index (χ2n) is 4.13. The van der Waals surface area contributed by atoms with Crippen LogP contribution >= 0.6 is 0 Å². The monoisotopic (exact) mass is 173 g/mol. The minimum absolute atomic E-state index is 0.121. The Balaban J connectivity index is 2.58. The van der Waals surface area contributed by atoms with Crippen LogP contribution in [0.3, 0.4) is 0 Å². The number of hydrogen-bond acceptors (Lipinski definition) is 3. The van der Waals surface area contributed by atoms with Gasteiger partial charge in [0.1, 0.15) is 0 Å². The Morgan fingerprint density at radius 2 is 2.17 bits per heavy atom. The summed E-state index contributed by atoms with van der Waals surface area (Å²) in [5.41, 5.74) is 0. The van der Waals surface area contributed by atoms with Crippen molar-refractivity contribution in [2.45, 2.75) is 45.6 Å². The van der Waals surface area contributed by atoms with Gasteiger partial charge in [-0.15, -0.1) is 0 Å². The number of hydrogen-bond donors (Lipinski definition) is 1. The minimum Gasteiger partial charge on any atom is -0.365 e. The van der Waals surface area contributed by atoms with E-state index >= 15 is 0 Å². The van der Waals surface area contributed by atoms with Gasteiger partial charge in [-0.1, -0.05) is 0 Å². The molecule has 1 heterocycles. The molecule has 0 aromatic heterocycles. The van der Waals surface area contributed by atoms with Crippen molar-refractivity contribution >= 4 is 0 Å². The molecular formula is C9H19NO2. The molecule has 0 spiro atoms. The Labute approximate surface area is 74.3 Å². The number of β-amino-alcohol motifs (C(OH)–C–C–N with tert-alkyl or cyclic N) is 1. The van der Waals surface area contributed by atoms with Crippen LogP contribution in [0.4, 0.5) is 0 Å². The van der Waals surface area contributed by atoms with E-state index in [9.17, 15) is 5.11 Å². The first-order valence-electron chi connectivity index (χ1n) is 4.55. The summed E-state index contributed by atoms with van der Waals surface area (Å²) in [6.07, 6.45) is 0.121. The highest BCUT2D eigenvalue weighted by Crippen LogP contribution is 2.19. The van der Waals surface area contributed by atoms with Crippen molar-refractivity contribution in [3.63, 3.8) is 0 Å². The Bertz CT molecular complexity index is 157. The molecule has 1 saturated heterocycles. The maximum absolute atomic E-state index is 9.70. The molecule has 0 aromatic carbocycles. The highest BCUT2D eigenvalue weighted by molar-refractivity contribution is 4.79. The molecule has 1 N–H and O–H groups in total. The molecule has 3 nitrogen and oxygen atoms in total. The summed E-state index contributed by atoms with van der Waals surface area (Å²) in [7, 11) is 0. The molecule has 1 aliphatic heterocycles. The van der Waals surface area contributed by atoms with Gasteiger partial charge in [-0.2, -0.15) is 0 Å². The summed E-state index contributed by atoms with van der Waals surface area (Å²) in [6.45, 7) is 9.49. The third-order valence-corrected chi connectivity index (χ3v) is 2.17. The third kappa shape index (κ3) is 2.44. The van der Waals surface area contributed by atoms with Gasteiger partial charge in [-0.25, -0.2) is 0 Å². The lowest BCUT2D eigenvalue weighted by Gasteiger charge is -2.42. The average molecular weight is 173 g/mol. The second-order valence-corrected chi connectivity index (χ2v) is 4.13. The zero-order valence-electron chi connectivity index (χ0n) is 8.37. The van der Waals surface area contributed by atoms with Crippen molar-refractivity contribution in [3.05, 3.63) is 0 Å². The predicted molar refractivity (Wildman–Crippen MR) is 47.9 cm³/mol. The van der Waals surface area contributed by atoms with Crippen LogP contribution in [0.1, 0.15) is 27.7 Å². The van der Waals surface area contributed by atoms with Gasteiger partial charge < -0.3 is 9.84 Å². The summed E-state index contributed by atoms with van der Waals surface area (Å²) < 4.78 is 5.37. The molecule has 0 radical (unpaired) electrons. The van der Waals surface area contributed by atoms with E-state index < -0.39 is 5.79 Å². The lowest BCUT2D eigenvalue weighted by atomic mass is 10.1. The molecule has 1 aliphatic rings. The molecular weight excluding hydrogens is 154 g/mol. The van der Waals surface area contributed by atoms with Gasteiger partial charge in [0.15, 0.2) is 5.79 Å². The summed E-state index contributed by atoms with van der Waals surface area (Å²) in [5.74, 6) is -0.970. The van der Waals surface area contributed by atoms with E-state index in [1.54, 1.807) is 6.92 Å². The molecule has 0 saturated carbocycles. The molecule has 0 aliphatic carbocycles. The zero-order chi connectivity index (χ0) is 9.35. The standard InChI is InChI=1S/C9H19NO2/c1-7(2)10-5-8(3)12-9(4,11)6-10/h7-8,11H,5-6H2,1-4H3. The number of aliphatic hydroxyl groups is 1. The fraction of sp³-hybridized carbons (Fsp3) is 1.00. The van der Waals surface area contributed by atoms with Crippen LogP contribution < -0.4 is 0 Å². The number of nitrogens with zero attached hydrogens (tertiary/aromatic N) is 1. The minimum atomic E-state index is -0.970. The lowest BCUT2D eigenvalue weighted by molar-refractivity contribution is -0.255. The van der Waals surface area contributed by atoms with Gasteiger partial charge in [0.05, 0.1) is 12.6 Å². The van der Waals surface area contributed by atoms with Gasteiger partial charge in [0, 0.05) is 12.6 Å². The third-order valence-electron chi connectivity index (χ3n) is 2.17. The summed E-state index contributed by atoms with van der Waals surface area (Å²) in [6, 6.07) is 0.475. The molecule has 72 valence electrons. The van der Waals surface area contributed by atoms with E-state index in [0.717, 1.165) is 6.54 Å². The first kappa shape index (κ1) is 9.96. The maximum atomic E-state index is 9.70. The first-order valence-corrected chi connectivity index (χ1v) is 4.55. The highest BCUT2D eigenvalue weighted by atomic mass is 16.6. The molecule has 1 fully saturated rings. The van der Waals surface area contributed by atoms with Crippen LogP contribution in [0.2, 0.25) is 0 Å². The fourth-order valence-corrected chi connectivity index (χ4v) is 1.67. The van der Waals surface area contributed by atoms with E-state index in [2.05, 4.69) is 18.7 Å². The maximum Gasteiger partial charge on any atom is 0.175 e. The Hall–Kier alpha value is -0.120. The van der Waals surface area contributed by atoms with Crippen LogP contribution in [-0.2, 0) is 4.74 Å². The SMILES string of the molecule is CC1CN(C(C)C)CC(C)(O)O1. The number of ether oxygens (including phenoxy) is 1. The van der Waals surface area contributed by atoms with Crippen molar-refractivity contribution in [3.8, 4) is 0 Å². The van der Waals surface area contributed by atoms with Gasteiger partial charge in [0.25, 0.3) is 0 Å². The van der Waals surface area contributed by atoms with Crippen LogP contribution in [0.5, 0.6) is 0 Å².